The first-order valence-corrected chi connectivity index (χ1v) is 7.86. The zero-order valence-electron chi connectivity index (χ0n) is 11.3. The third-order valence-corrected chi connectivity index (χ3v) is 4.80. The van der Waals surface area contributed by atoms with Crippen LogP contribution in [-0.4, -0.2) is 15.0 Å². The number of thiophene rings is 1. The van der Waals surface area contributed by atoms with Crippen LogP contribution in [0, 0.1) is 0 Å². The average Bonchev–Trinajstić information content (AvgIpc) is 2.97. The van der Waals surface area contributed by atoms with Gasteiger partial charge in [-0.25, -0.2) is 9.97 Å². The number of hydrogen-bond acceptors (Lipinski definition) is 5. The van der Waals surface area contributed by atoms with Crippen molar-refractivity contribution in [3.8, 4) is 0 Å². The zero-order valence-corrected chi connectivity index (χ0v) is 12.1. The van der Waals surface area contributed by atoms with Crippen molar-refractivity contribution in [3.63, 3.8) is 0 Å². The molecule has 2 N–H and O–H groups in total. The number of nitrogens with one attached hydrogen (secondary N) is 2. The van der Waals surface area contributed by atoms with Gasteiger partial charge in [0.15, 0.2) is 0 Å². The molecule has 0 saturated heterocycles. The van der Waals surface area contributed by atoms with Crippen molar-refractivity contribution in [2.75, 3.05) is 5.32 Å². The second-order valence-corrected chi connectivity index (χ2v) is 6.12. The Hall–Kier alpha value is -2.21. The lowest BCUT2D eigenvalue weighted by atomic mass is 9.91. The number of aryl methyl sites for hydroxylation is 1. The lowest BCUT2D eigenvalue weighted by Gasteiger charge is -2.26. The molecule has 106 valence electrons. The number of rotatable bonds is 2. The highest BCUT2D eigenvalue weighted by Gasteiger charge is 2.21. The number of anilines is 1. The molecule has 1 unspecified atom stereocenters. The van der Waals surface area contributed by atoms with Crippen LogP contribution in [0.3, 0.4) is 0 Å². The van der Waals surface area contributed by atoms with E-state index in [2.05, 4.69) is 20.3 Å². The van der Waals surface area contributed by atoms with E-state index < -0.39 is 0 Å². The molecule has 5 nitrogen and oxygen atoms in total. The molecule has 6 heteroatoms. The fraction of sp³-hybridized carbons (Fsp3) is 0.267. The van der Waals surface area contributed by atoms with E-state index in [0.29, 0.717) is 0 Å². The van der Waals surface area contributed by atoms with Gasteiger partial charge in [-0.15, -0.1) is 11.3 Å². The molecular weight excluding hydrogens is 284 g/mol. The van der Waals surface area contributed by atoms with Crippen LogP contribution >= 0.6 is 11.3 Å². The fourth-order valence-corrected chi connectivity index (χ4v) is 3.70. The highest BCUT2D eigenvalue weighted by Crippen LogP contribution is 2.33. The molecule has 0 fully saturated rings. The normalized spacial score (nSPS) is 17.6. The molecule has 4 rings (SSSR count). The predicted molar refractivity (Wildman–Crippen MR) is 83.8 cm³/mol. The lowest BCUT2D eigenvalue weighted by Crippen LogP contribution is -2.22. The average molecular weight is 298 g/mol. The molecule has 1 aliphatic carbocycles. The zero-order chi connectivity index (χ0) is 14.2. The molecule has 3 heterocycles. The van der Waals surface area contributed by atoms with Crippen LogP contribution in [0.1, 0.15) is 30.1 Å². The standard InChI is InChI=1S/C15H14N4OS/c20-13-5-4-9-10(18-13)2-1-3-11(9)19-15-14-12(6-7-21-14)16-8-17-15/h4-8,11H,1-3H2,(H,18,20)(H,16,17,19). The molecule has 21 heavy (non-hydrogen) atoms. The first-order valence-electron chi connectivity index (χ1n) is 6.98. The van der Waals surface area contributed by atoms with Crippen molar-refractivity contribution < 1.29 is 0 Å². The molecule has 3 aromatic rings. The number of fused-ring (bicyclic) bond motifs is 2. The first kappa shape index (κ1) is 12.5. The maximum atomic E-state index is 11.5. The van der Waals surface area contributed by atoms with Crippen LogP contribution in [0.15, 0.2) is 34.7 Å². The third-order valence-electron chi connectivity index (χ3n) is 3.89. The van der Waals surface area contributed by atoms with Gasteiger partial charge in [-0.2, -0.15) is 0 Å². The van der Waals surface area contributed by atoms with Gasteiger partial charge >= 0.3 is 0 Å². The van der Waals surface area contributed by atoms with E-state index in [0.717, 1.165) is 41.0 Å². The number of nitrogens with zero attached hydrogens (tertiary/aromatic N) is 2. The lowest BCUT2D eigenvalue weighted by molar-refractivity contribution is 0.586. The Morgan fingerprint density at radius 2 is 2.24 bits per heavy atom. The summed E-state index contributed by atoms with van der Waals surface area (Å²) in [6.07, 6.45) is 4.62. The molecule has 1 aliphatic rings. The Labute approximate surface area is 125 Å². The Kier molecular flexibility index (Phi) is 2.96. The van der Waals surface area contributed by atoms with Crippen molar-refractivity contribution in [1.29, 1.82) is 0 Å². The Balaban J connectivity index is 1.73. The molecule has 0 radical (unpaired) electrons. The summed E-state index contributed by atoms with van der Waals surface area (Å²) in [6, 6.07) is 5.71. The number of aromatic nitrogens is 3. The van der Waals surface area contributed by atoms with Crippen LogP contribution in [0.25, 0.3) is 10.2 Å². The summed E-state index contributed by atoms with van der Waals surface area (Å²) in [6.45, 7) is 0. The van der Waals surface area contributed by atoms with Crippen LogP contribution in [0.5, 0.6) is 0 Å². The summed E-state index contributed by atoms with van der Waals surface area (Å²) >= 11 is 1.64. The van der Waals surface area contributed by atoms with Gasteiger partial charge in [-0.1, -0.05) is 0 Å². The smallest absolute Gasteiger partial charge is 0.248 e. The Morgan fingerprint density at radius 1 is 1.29 bits per heavy atom. The quantitative estimate of drug-likeness (QED) is 0.763. The van der Waals surface area contributed by atoms with Gasteiger partial charge in [-0.05, 0) is 42.3 Å². The fourth-order valence-electron chi connectivity index (χ4n) is 2.91. The van der Waals surface area contributed by atoms with E-state index in [9.17, 15) is 4.79 Å². The summed E-state index contributed by atoms with van der Waals surface area (Å²) in [5.41, 5.74) is 3.15. The SMILES string of the molecule is O=c1ccc2c([nH]1)CCCC2Nc1ncnc2ccsc12. The summed E-state index contributed by atoms with van der Waals surface area (Å²) in [5, 5.41) is 5.55. The van der Waals surface area contributed by atoms with Gasteiger partial charge in [0.1, 0.15) is 12.1 Å². The van der Waals surface area contributed by atoms with Crippen LogP contribution in [0.4, 0.5) is 5.82 Å². The summed E-state index contributed by atoms with van der Waals surface area (Å²) < 4.78 is 1.08. The summed E-state index contributed by atoms with van der Waals surface area (Å²) in [5.74, 6) is 0.874. The first-order chi connectivity index (χ1) is 10.3. The van der Waals surface area contributed by atoms with Crippen molar-refractivity contribution in [2.45, 2.75) is 25.3 Å². The van der Waals surface area contributed by atoms with Crippen LogP contribution in [-0.2, 0) is 6.42 Å². The third kappa shape index (κ3) is 2.21. The van der Waals surface area contributed by atoms with Gasteiger partial charge in [0, 0.05) is 11.8 Å². The molecule has 0 aromatic carbocycles. The molecule has 0 saturated carbocycles. The van der Waals surface area contributed by atoms with Gasteiger partial charge in [0.05, 0.1) is 16.3 Å². The minimum Gasteiger partial charge on any atom is -0.362 e. The van der Waals surface area contributed by atoms with Gasteiger partial charge < -0.3 is 10.3 Å². The molecule has 3 aromatic heterocycles. The van der Waals surface area contributed by atoms with E-state index in [1.165, 1.54) is 5.56 Å². The summed E-state index contributed by atoms with van der Waals surface area (Å²) in [7, 11) is 0. The van der Waals surface area contributed by atoms with Gasteiger partial charge in [0.25, 0.3) is 0 Å². The van der Waals surface area contributed by atoms with Crippen molar-refractivity contribution in [1.82, 2.24) is 15.0 Å². The maximum Gasteiger partial charge on any atom is 0.248 e. The molecule has 0 bridgehead atoms. The highest BCUT2D eigenvalue weighted by atomic mass is 32.1. The molecule has 0 aliphatic heterocycles. The van der Waals surface area contributed by atoms with Gasteiger partial charge in [-0.3, -0.25) is 4.79 Å². The van der Waals surface area contributed by atoms with Crippen molar-refractivity contribution >= 4 is 27.4 Å². The van der Waals surface area contributed by atoms with Crippen molar-refractivity contribution in [2.24, 2.45) is 0 Å². The topological polar surface area (TPSA) is 70.7 Å². The summed E-state index contributed by atoms with van der Waals surface area (Å²) in [4.78, 5) is 23.0. The Bertz CT molecular complexity index is 854. The van der Waals surface area contributed by atoms with E-state index in [1.807, 2.05) is 17.5 Å². The molecule has 1 atom stereocenters. The molecule has 0 spiro atoms. The monoisotopic (exact) mass is 298 g/mol. The number of hydrogen-bond donors (Lipinski definition) is 2. The van der Waals surface area contributed by atoms with Gasteiger partial charge in [0.2, 0.25) is 5.56 Å². The largest absolute Gasteiger partial charge is 0.362 e. The van der Waals surface area contributed by atoms with E-state index in [1.54, 1.807) is 23.7 Å². The highest BCUT2D eigenvalue weighted by molar-refractivity contribution is 7.17. The van der Waals surface area contributed by atoms with Crippen LogP contribution in [0.2, 0.25) is 0 Å². The van der Waals surface area contributed by atoms with E-state index >= 15 is 0 Å². The predicted octanol–water partition coefficient (Wildman–Crippen LogP) is 2.87. The maximum absolute atomic E-state index is 11.5. The Morgan fingerprint density at radius 3 is 3.19 bits per heavy atom. The molecular formula is C15H14N4OS. The van der Waals surface area contributed by atoms with Crippen molar-refractivity contribution in [3.05, 3.63) is 51.5 Å². The second-order valence-electron chi connectivity index (χ2n) is 5.20. The minimum atomic E-state index is -0.0305. The number of H-pyrrole nitrogens is 1. The van der Waals surface area contributed by atoms with Crippen LogP contribution < -0.4 is 10.9 Å². The minimum absolute atomic E-state index is 0.0305. The molecule has 0 amide bonds. The number of pyridine rings is 1. The second kappa shape index (κ2) is 4.96. The van der Waals surface area contributed by atoms with E-state index in [-0.39, 0.29) is 11.6 Å². The van der Waals surface area contributed by atoms with E-state index in [4.69, 9.17) is 0 Å². The number of aromatic amines is 1.